The molecule has 0 bridgehead atoms. The third-order valence-corrected chi connectivity index (χ3v) is 2.51. The number of hydrogen-bond acceptors (Lipinski definition) is 4. The fraction of sp³-hybridized carbons (Fsp3) is 0. The first kappa shape index (κ1) is 13.1. The summed E-state index contributed by atoms with van der Waals surface area (Å²) < 4.78 is 0. The van der Waals surface area contributed by atoms with Gasteiger partial charge in [0.25, 0.3) is 0 Å². The Morgan fingerprint density at radius 2 is 1.94 bits per heavy atom. The second-order valence-corrected chi connectivity index (χ2v) is 3.73. The predicted octanol–water partition coefficient (Wildman–Crippen LogP) is 2.63. The van der Waals surface area contributed by atoms with Crippen LogP contribution in [-0.2, 0) is 0 Å². The highest BCUT2D eigenvalue weighted by molar-refractivity contribution is 6.42. The van der Waals surface area contributed by atoms with Crippen LogP contribution in [0.25, 0.3) is 0 Å². The van der Waals surface area contributed by atoms with Crippen LogP contribution in [0.15, 0.2) is 34.6 Å². The summed E-state index contributed by atoms with van der Waals surface area (Å²) in [4.78, 5) is 3.80. The monoisotopic (exact) mass is 264 g/mol. The Hall–Kier alpha value is -2.01. The first-order valence-corrected chi connectivity index (χ1v) is 5.13. The summed E-state index contributed by atoms with van der Waals surface area (Å²) >= 11 is 11.5. The van der Waals surface area contributed by atoms with Gasteiger partial charge in [-0.05, 0) is 17.7 Å². The zero-order chi connectivity index (χ0) is 12.8. The van der Waals surface area contributed by atoms with Gasteiger partial charge in [-0.25, -0.2) is 4.99 Å². The molecule has 0 atom stereocenters. The average molecular weight is 265 g/mol. The van der Waals surface area contributed by atoms with Crippen LogP contribution >= 0.6 is 23.2 Å². The van der Waals surface area contributed by atoms with Crippen molar-refractivity contribution < 1.29 is 0 Å². The molecule has 0 aliphatic rings. The van der Waals surface area contributed by atoms with Crippen LogP contribution in [0.2, 0.25) is 10.0 Å². The molecule has 0 spiro atoms. The van der Waals surface area contributed by atoms with Gasteiger partial charge in [-0.1, -0.05) is 29.3 Å². The van der Waals surface area contributed by atoms with Crippen molar-refractivity contribution in [1.29, 1.82) is 10.5 Å². The molecule has 0 unspecified atom stereocenters. The molecule has 0 amide bonds. The highest BCUT2D eigenvalue weighted by Gasteiger charge is 2.00. The maximum atomic E-state index is 8.70. The Balaban J connectivity index is 3.04. The maximum absolute atomic E-state index is 8.70. The molecule has 84 valence electrons. The van der Waals surface area contributed by atoms with E-state index in [1.807, 2.05) is 0 Å². The minimum Gasteiger partial charge on any atom is -0.388 e. The Labute approximate surface area is 108 Å². The van der Waals surface area contributed by atoms with Crippen molar-refractivity contribution in [3.8, 4) is 12.1 Å². The van der Waals surface area contributed by atoms with Gasteiger partial charge in [-0.2, -0.15) is 10.5 Å². The van der Waals surface area contributed by atoms with Gasteiger partial charge in [0.2, 0.25) is 0 Å². The van der Waals surface area contributed by atoms with Gasteiger partial charge >= 0.3 is 0 Å². The van der Waals surface area contributed by atoms with Crippen LogP contribution in [0.3, 0.4) is 0 Å². The van der Waals surface area contributed by atoms with E-state index in [1.165, 1.54) is 6.21 Å². The summed E-state index contributed by atoms with van der Waals surface area (Å²) in [5, 5.41) is 18.0. The predicted molar refractivity (Wildman–Crippen MR) is 66.5 cm³/mol. The summed E-state index contributed by atoms with van der Waals surface area (Å²) in [6.45, 7) is 0. The van der Waals surface area contributed by atoms with E-state index in [0.717, 1.165) is 0 Å². The lowest BCUT2D eigenvalue weighted by molar-refractivity contribution is 1.27. The molecule has 17 heavy (non-hydrogen) atoms. The Bertz CT molecular complexity index is 576. The van der Waals surface area contributed by atoms with E-state index in [2.05, 4.69) is 4.99 Å². The first-order valence-electron chi connectivity index (χ1n) is 4.37. The summed E-state index contributed by atoms with van der Waals surface area (Å²) in [5.41, 5.74) is 5.56. The number of halogens is 2. The van der Waals surface area contributed by atoms with E-state index in [1.54, 1.807) is 30.3 Å². The van der Waals surface area contributed by atoms with Crippen molar-refractivity contribution in [2.75, 3.05) is 0 Å². The second kappa shape index (κ2) is 5.91. The van der Waals surface area contributed by atoms with Crippen LogP contribution in [0.1, 0.15) is 5.56 Å². The Kier molecular flexibility index (Phi) is 4.54. The normalized spacial score (nSPS) is 11.8. The second-order valence-electron chi connectivity index (χ2n) is 2.92. The van der Waals surface area contributed by atoms with Crippen LogP contribution in [0, 0.1) is 22.7 Å². The molecule has 0 saturated heterocycles. The van der Waals surface area contributed by atoms with Crippen LogP contribution in [0.4, 0.5) is 0 Å². The number of allylic oxidation sites excluding steroid dienone is 2. The molecule has 0 fully saturated rings. The molecule has 6 heteroatoms. The molecule has 0 aliphatic carbocycles. The molecule has 1 rings (SSSR count). The Morgan fingerprint density at radius 3 is 2.47 bits per heavy atom. The van der Waals surface area contributed by atoms with Crippen LogP contribution in [-0.4, -0.2) is 6.21 Å². The van der Waals surface area contributed by atoms with Gasteiger partial charge in [-0.3, -0.25) is 0 Å². The minimum atomic E-state index is -0.233. The van der Waals surface area contributed by atoms with Gasteiger partial charge in [-0.15, -0.1) is 0 Å². The SMILES string of the molecule is N#CC(N)=C(C#N)N=Cc1ccc(Cl)c(Cl)c1. The third-order valence-electron chi connectivity index (χ3n) is 1.77. The summed E-state index contributed by atoms with van der Waals surface area (Å²) in [5.74, 6) is 0. The van der Waals surface area contributed by atoms with Gasteiger partial charge in [0.15, 0.2) is 5.70 Å². The van der Waals surface area contributed by atoms with Gasteiger partial charge in [0, 0.05) is 6.21 Å². The van der Waals surface area contributed by atoms with Crippen molar-refractivity contribution in [2.24, 2.45) is 10.7 Å². The maximum Gasteiger partial charge on any atom is 0.174 e. The summed E-state index contributed by atoms with van der Waals surface area (Å²) in [7, 11) is 0. The molecule has 0 radical (unpaired) electrons. The van der Waals surface area contributed by atoms with E-state index < -0.39 is 0 Å². The number of nitrogens with zero attached hydrogens (tertiary/aromatic N) is 3. The lowest BCUT2D eigenvalue weighted by Gasteiger charge is -1.97. The largest absolute Gasteiger partial charge is 0.388 e. The fourth-order valence-corrected chi connectivity index (χ4v) is 1.25. The number of aliphatic imine (C=N–C) groups is 1. The van der Waals surface area contributed by atoms with E-state index in [4.69, 9.17) is 39.5 Å². The van der Waals surface area contributed by atoms with Crippen molar-refractivity contribution in [3.63, 3.8) is 0 Å². The van der Waals surface area contributed by atoms with Crippen molar-refractivity contribution >= 4 is 29.4 Å². The highest BCUT2D eigenvalue weighted by Crippen LogP contribution is 2.21. The third kappa shape index (κ3) is 3.49. The molecule has 4 nitrogen and oxygen atoms in total. The van der Waals surface area contributed by atoms with E-state index in [-0.39, 0.29) is 11.4 Å². The number of benzene rings is 1. The van der Waals surface area contributed by atoms with Crippen molar-refractivity contribution in [1.82, 2.24) is 0 Å². The van der Waals surface area contributed by atoms with E-state index in [0.29, 0.717) is 15.6 Å². The van der Waals surface area contributed by atoms with Crippen molar-refractivity contribution in [3.05, 3.63) is 45.2 Å². The van der Waals surface area contributed by atoms with Gasteiger partial charge in [0.05, 0.1) is 10.0 Å². The van der Waals surface area contributed by atoms with Gasteiger partial charge in [0.1, 0.15) is 17.8 Å². The smallest absolute Gasteiger partial charge is 0.174 e. The van der Waals surface area contributed by atoms with Gasteiger partial charge < -0.3 is 5.73 Å². The number of nitrogens with two attached hydrogens (primary N) is 1. The molecule has 0 saturated carbocycles. The number of nitriles is 2. The topological polar surface area (TPSA) is 86.0 Å². The minimum absolute atomic E-state index is 0.140. The zero-order valence-electron chi connectivity index (χ0n) is 8.48. The van der Waals surface area contributed by atoms with Crippen LogP contribution in [0.5, 0.6) is 0 Å². The van der Waals surface area contributed by atoms with E-state index in [9.17, 15) is 0 Å². The number of rotatable bonds is 2. The average Bonchev–Trinajstić information content (AvgIpc) is 2.33. The lowest BCUT2D eigenvalue weighted by atomic mass is 10.2. The zero-order valence-corrected chi connectivity index (χ0v) is 10.00. The molecule has 1 aromatic carbocycles. The molecule has 0 aliphatic heterocycles. The molecule has 0 heterocycles. The van der Waals surface area contributed by atoms with E-state index >= 15 is 0 Å². The molecular weight excluding hydrogens is 259 g/mol. The molecule has 0 aromatic heterocycles. The molecule has 2 N–H and O–H groups in total. The molecular formula is C11H6Cl2N4. The quantitative estimate of drug-likeness (QED) is 0.658. The fourth-order valence-electron chi connectivity index (χ4n) is 0.943. The summed E-state index contributed by atoms with van der Waals surface area (Å²) in [6.07, 6.45) is 1.38. The van der Waals surface area contributed by atoms with Crippen LogP contribution < -0.4 is 5.73 Å². The number of hydrogen-bond donors (Lipinski definition) is 1. The highest BCUT2D eigenvalue weighted by atomic mass is 35.5. The summed E-state index contributed by atoms with van der Waals surface area (Å²) in [6, 6.07) is 8.24. The first-order chi connectivity index (χ1) is 8.08. The Morgan fingerprint density at radius 1 is 1.24 bits per heavy atom. The standard InChI is InChI=1S/C11H6Cl2N4/c12-8-2-1-7(3-9(8)13)6-17-11(5-15)10(16)4-14/h1-3,6H,16H2. The lowest BCUT2D eigenvalue weighted by Crippen LogP contribution is -1.97. The van der Waals surface area contributed by atoms with Crippen molar-refractivity contribution in [2.45, 2.75) is 0 Å². The molecule has 1 aromatic rings.